The van der Waals surface area contributed by atoms with Crippen LogP contribution in [0.25, 0.3) is 16.5 Å². The van der Waals surface area contributed by atoms with Crippen LogP contribution in [0.1, 0.15) is 12.6 Å². The first-order valence-electron chi connectivity index (χ1n) is 8.37. The molecule has 1 aromatic heterocycles. The maximum absolute atomic E-state index is 13.0. The molecule has 0 bridgehead atoms. The van der Waals surface area contributed by atoms with Gasteiger partial charge in [-0.3, -0.25) is 9.36 Å². The summed E-state index contributed by atoms with van der Waals surface area (Å²) in [5.74, 6) is 0. The zero-order valence-corrected chi connectivity index (χ0v) is 13.9. The monoisotopic (exact) mass is 354 g/mol. The predicted octanol–water partition coefficient (Wildman–Crippen LogP) is 0.793. The zero-order valence-electron chi connectivity index (χ0n) is 13.9. The van der Waals surface area contributed by atoms with Gasteiger partial charge in [0.15, 0.2) is 0 Å². The number of rotatable bonds is 3. The van der Waals surface area contributed by atoms with Crippen molar-refractivity contribution in [1.82, 2.24) is 9.13 Å². The van der Waals surface area contributed by atoms with Crippen LogP contribution in [0.15, 0.2) is 64.3 Å². The fourth-order valence-electron chi connectivity index (χ4n) is 3.39. The first-order chi connectivity index (χ1) is 12.6. The number of benzene rings is 2. The summed E-state index contributed by atoms with van der Waals surface area (Å²) in [4.78, 5) is 25.5. The predicted molar refractivity (Wildman–Crippen MR) is 95.4 cm³/mol. The van der Waals surface area contributed by atoms with E-state index >= 15 is 0 Å². The normalized spacial score (nSPS) is 22.8. The number of fused-ring (bicyclic) bond motifs is 1. The summed E-state index contributed by atoms with van der Waals surface area (Å²) in [6.07, 6.45) is -0.821. The van der Waals surface area contributed by atoms with Crippen molar-refractivity contribution in [1.29, 1.82) is 0 Å². The zero-order chi connectivity index (χ0) is 18.3. The van der Waals surface area contributed by atoms with E-state index in [1.54, 1.807) is 12.1 Å². The van der Waals surface area contributed by atoms with E-state index in [4.69, 9.17) is 4.74 Å². The Morgan fingerprint density at radius 1 is 1.08 bits per heavy atom. The number of hydrogen-bond acceptors (Lipinski definition) is 5. The van der Waals surface area contributed by atoms with Gasteiger partial charge in [-0.2, -0.15) is 0 Å². The minimum Gasteiger partial charge on any atom is -0.394 e. The highest BCUT2D eigenvalue weighted by Gasteiger charge is 2.35. The van der Waals surface area contributed by atoms with Crippen molar-refractivity contribution in [3.05, 3.63) is 75.6 Å². The van der Waals surface area contributed by atoms with Crippen molar-refractivity contribution in [2.45, 2.75) is 24.9 Å². The highest BCUT2D eigenvalue weighted by molar-refractivity contribution is 5.90. The van der Waals surface area contributed by atoms with E-state index in [9.17, 15) is 19.8 Å². The molecule has 0 spiro atoms. The highest BCUT2D eigenvalue weighted by atomic mass is 16.5. The van der Waals surface area contributed by atoms with E-state index in [1.807, 2.05) is 30.3 Å². The Hall–Kier alpha value is -2.74. The minimum absolute atomic E-state index is 0.166. The molecule has 0 unspecified atom stereocenters. The Kier molecular flexibility index (Phi) is 4.20. The Bertz CT molecular complexity index is 1070. The summed E-state index contributed by atoms with van der Waals surface area (Å²) < 4.78 is 7.94. The van der Waals surface area contributed by atoms with Gasteiger partial charge in [0.05, 0.1) is 18.4 Å². The van der Waals surface area contributed by atoms with Gasteiger partial charge in [-0.05, 0) is 11.5 Å². The number of hydrogen-bond donors (Lipinski definition) is 2. The van der Waals surface area contributed by atoms with Crippen LogP contribution in [0.3, 0.4) is 0 Å². The molecule has 2 heterocycles. The van der Waals surface area contributed by atoms with E-state index in [-0.39, 0.29) is 13.0 Å². The molecule has 0 amide bonds. The first kappa shape index (κ1) is 16.7. The molecule has 3 atom stereocenters. The van der Waals surface area contributed by atoms with Crippen LogP contribution >= 0.6 is 0 Å². The Balaban J connectivity index is 1.88. The molecular weight excluding hydrogens is 336 g/mol. The molecule has 4 rings (SSSR count). The fourth-order valence-corrected chi connectivity index (χ4v) is 3.39. The third kappa shape index (κ3) is 2.66. The van der Waals surface area contributed by atoms with Gasteiger partial charge < -0.3 is 14.9 Å². The first-order valence-corrected chi connectivity index (χ1v) is 8.37. The van der Waals surface area contributed by atoms with Crippen LogP contribution in [-0.4, -0.2) is 38.2 Å². The van der Waals surface area contributed by atoms with E-state index in [0.29, 0.717) is 5.69 Å². The molecule has 1 aliphatic rings. The van der Waals surface area contributed by atoms with Crippen molar-refractivity contribution >= 4 is 10.8 Å². The highest BCUT2D eigenvalue weighted by Crippen LogP contribution is 2.27. The second-order valence-electron chi connectivity index (χ2n) is 6.29. The summed E-state index contributed by atoms with van der Waals surface area (Å²) in [6.45, 7) is -0.338. The SMILES string of the molecule is O=c1ccn([C@H]2C[C@H](O)[C@@H](CO)O2)c(=O)n1-c1cccc2ccccc12. The number of nitrogens with zero attached hydrogens (tertiary/aromatic N) is 2. The Morgan fingerprint density at radius 3 is 2.62 bits per heavy atom. The lowest BCUT2D eigenvalue weighted by atomic mass is 10.1. The Labute approximate surface area is 148 Å². The Morgan fingerprint density at radius 2 is 1.85 bits per heavy atom. The molecule has 26 heavy (non-hydrogen) atoms. The molecule has 3 aromatic rings. The van der Waals surface area contributed by atoms with Crippen LogP contribution in [0.2, 0.25) is 0 Å². The average Bonchev–Trinajstić information content (AvgIpc) is 3.02. The standard InChI is InChI=1S/C19H18N2O5/c22-11-16-15(23)10-18(26-16)20-9-8-17(24)21(19(20)25)14-7-3-5-12-4-1-2-6-13(12)14/h1-9,15-16,18,22-23H,10-11H2/t15-,16+,18+/m0/s1. The van der Waals surface area contributed by atoms with E-state index in [2.05, 4.69) is 0 Å². The van der Waals surface area contributed by atoms with Crippen LogP contribution in [-0.2, 0) is 4.74 Å². The number of aromatic nitrogens is 2. The molecule has 7 nitrogen and oxygen atoms in total. The van der Waals surface area contributed by atoms with Gasteiger partial charge in [-0.1, -0.05) is 36.4 Å². The van der Waals surface area contributed by atoms with Gasteiger partial charge in [-0.15, -0.1) is 0 Å². The van der Waals surface area contributed by atoms with Crippen molar-refractivity contribution < 1.29 is 14.9 Å². The van der Waals surface area contributed by atoms with Crippen LogP contribution in [0, 0.1) is 0 Å². The summed E-state index contributed by atoms with van der Waals surface area (Å²) in [7, 11) is 0. The van der Waals surface area contributed by atoms with Crippen LogP contribution in [0.5, 0.6) is 0 Å². The summed E-state index contributed by atoms with van der Waals surface area (Å²) in [5, 5.41) is 20.9. The molecule has 0 saturated carbocycles. The lowest BCUT2D eigenvalue weighted by Gasteiger charge is -2.17. The number of aliphatic hydroxyl groups is 2. The molecule has 1 saturated heterocycles. The lowest BCUT2D eigenvalue weighted by Crippen LogP contribution is -2.39. The maximum Gasteiger partial charge on any atom is 0.337 e. The topological polar surface area (TPSA) is 93.7 Å². The molecule has 0 aliphatic carbocycles. The summed E-state index contributed by atoms with van der Waals surface area (Å²) in [6, 6.07) is 14.2. The van der Waals surface area contributed by atoms with E-state index < -0.39 is 29.7 Å². The van der Waals surface area contributed by atoms with Crippen LogP contribution in [0.4, 0.5) is 0 Å². The van der Waals surface area contributed by atoms with Gasteiger partial charge in [-0.25, -0.2) is 9.36 Å². The van der Waals surface area contributed by atoms with Gasteiger partial charge in [0.25, 0.3) is 5.56 Å². The molecule has 134 valence electrons. The van der Waals surface area contributed by atoms with Gasteiger partial charge >= 0.3 is 5.69 Å². The fraction of sp³-hybridized carbons (Fsp3) is 0.263. The molecule has 1 aliphatic heterocycles. The smallest absolute Gasteiger partial charge is 0.337 e. The van der Waals surface area contributed by atoms with Crippen molar-refractivity contribution in [2.75, 3.05) is 6.61 Å². The molecule has 2 aromatic carbocycles. The minimum atomic E-state index is -0.866. The average molecular weight is 354 g/mol. The third-order valence-electron chi connectivity index (χ3n) is 4.71. The van der Waals surface area contributed by atoms with Crippen LogP contribution < -0.4 is 11.2 Å². The molecule has 1 fully saturated rings. The van der Waals surface area contributed by atoms with Gasteiger partial charge in [0.2, 0.25) is 0 Å². The quantitative estimate of drug-likeness (QED) is 0.725. The van der Waals surface area contributed by atoms with Gasteiger partial charge in [0, 0.05) is 24.1 Å². The maximum atomic E-state index is 13.0. The van der Waals surface area contributed by atoms with E-state index in [0.717, 1.165) is 15.3 Å². The van der Waals surface area contributed by atoms with Crippen molar-refractivity contribution in [2.24, 2.45) is 0 Å². The number of aliphatic hydroxyl groups excluding tert-OH is 2. The van der Waals surface area contributed by atoms with E-state index in [1.165, 1.54) is 16.8 Å². The van der Waals surface area contributed by atoms with Crippen molar-refractivity contribution in [3.63, 3.8) is 0 Å². The summed E-state index contributed by atoms with van der Waals surface area (Å²) >= 11 is 0. The summed E-state index contributed by atoms with van der Waals surface area (Å²) in [5.41, 5.74) is -0.505. The second-order valence-corrected chi connectivity index (χ2v) is 6.29. The molecule has 7 heteroatoms. The van der Waals surface area contributed by atoms with Crippen molar-refractivity contribution in [3.8, 4) is 5.69 Å². The third-order valence-corrected chi connectivity index (χ3v) is 4.71. The molecule has 2 N–H and O–H groups in total. The number of ether oxygens (including phenoxy) is 1. The largest absolute Gasteiger partial charge is 0.394 e. The molecule has 0 radical (unpaired) electrons. The second kappa shape index (κ2) is 6.53. The van der Waals surface area contributed by atoms with Gasteiger partial charge in [0.1, 0.15) is 12.3 Å². The lowest BCUT2D eigenvalue weighted by molar-refractivity contribution is -0.0461. The molecular formula is C19H18N2O5.